The molecule has 8 heteroatoms. The minimum absolute atomic E-state index is 0.0956. The van der Waals surface area contributed by atoms with Crippen molar-refractivity contribution in [2.75, 3.05) is 43.4 Å². The van der Waals surface area contributed by atoms with E-state index in [2.05, 4.69) is 10.2 Å². The third-order valence-corrected chi connectivity index (χ3v) is 6.08. The summed E-state index contributed by atoms with van der Waals surface area (Å²) in [5, 5.41) is 23.9. The lowest BCUT2D eigenvalue weighted by molar-refractivity contribution is -0.172. The van der Waals surface area contributed by atoms with E-state index in [1.807, 2.05) is 6.07 Å². The molecule has 2 aliphatic rings. The smallest absolute Gasteiger partial charge is 0.195 e. The predicted octanol–water partition coefficient (Wildman–Crippen LogP) is 4.08. The number of piperidine rings is 1. The van der Waals surface area contributed by atoms with Crippen LogP contribution < -0.4 is 10.5 Å². The van der Waals surface area contributed by atoms with Crippen LogP contribution in [0.25, 0.3) is 0 Å². The van der Waals surface area contributed by atoms with Gasteiger partial charge in [0.1, 0.15) is 5.82 Å². The summed E-state index contributed by atoms with van der Waals surface area (Å²) in [6.07, 6.45) is 3.54. The van der Waals surface area contributed by atoms with Gasteiger partial charge in [0.15, 0.2) is 5.79 Å². The quantitative estimate of drug-likeness (QED) is 0.611. The molecule has 0 bridgehead atoms. The van der Waals surface area contributed by atoms with Gasteiger partial charge in [0.2, 0.25) is 0 Å². The Morgan fingerprint density at radius 1 is 1.10 bits per heavy atom. The van der Waals surface area contributed by atoms with Crippen molar-refractivity contribution in [1.29, 1.82) is 0 Å². The number of nitrogens with one attached hydrogen (secondary N) is 1. The number of ether oxygens (including phenoxy) is 2. The van der Waals surface area contributed by atoms with Crippen molar-refractivity contribution in [3.63, 3.8) is 0 Å². The molecule has 2 fully saturated rings. The number of likely N-dealkylation sites (tertiary alicyclic amines) is 1. The first-order valence-electron chi connectivity index (χ1n) is 10.8. The molecule has 0 saturated carbocycles. The number of benzene rings is 2. The van der Waals surface area contributed by atoms with Crippen LogP contribution >= 0.6 is 0 Å². The van der Waals surface area contributed by atoms with Crippen molar-refractivity contribution < 1.29 is 19.1 Å². The van der Waals surface area contributed by atoms with E-state index in [4.69, 9.17) is 9.47 Å². The summed E-state index contributed by atoms with van der Waals surface area (Å²) in [4.78, 5) is 2.42. The number of rotatable bonds is 8. The molecule has 0 atom stereocenters. The van der Waals surface area contributed by atoms with E-state index in [-0.39, 0.29) is 22.8 Å². The maximum Gasteiger partial charge on any atom is 0.195 e. The Morgan fingerprint density at radius 3 is 2.45 bits per heavy atom. The molecule has 0 aliphatic carbocycles. The molecule has 2 N–H and O–H groups in total. The van der Waals surface area contributed by atoms with Crippen LogP contribution in [-0.4, -0.2) is 49.0 Å². The van der Waals surface area contributed by atoms with Gasteiger partial charge < -0.3 is 30.1 Å². The Hall–Kier alpha value is -2.23. The normalized spacial score (nSPS) is 19.5. The number of nitrogens with zero attached hydrogens (tertiary/aromatic N) is 2. The summed E-state index contributed by atoms with van der Waals surface area (Å²) >= 11 is 0. The fourth-order valence-electron chi connectivity index (χ4n) is 4.43. The van der Waals surface area contributed by atoms with Gasteiger partial charge in [-0.05, 0) is 50.1 Å². The molecule has 7 nitrogen and oxygen atoms in total. The van der Waals surface area contributed by atoms with Crippen LogP contribution in [0.4, 0.5) is 15.8 Å². The SMILES string of the molecule is [O-]N(O)c1ccccc1NC1CCN(CCCC2(c3ccc(F)cc3)OCCO2)CC1. The molecule has 168 valence electrons. The van der Waals surface area contributed by atoms with E-state index in [1.54, 1.807) is 30.3 Å². The Morgan fingerprint density at radius 2 is 1.77 bits per heavy atom. The minimum atomic E-state index is -0.772. The van der Waals surface area contributed by atoms with Gasteiger partial charge in [0.05, 0.1) is 24.6 Å². The van der Waals surface area contributed by atoms with E-state index in [9.17, 15) is 14.8 Å². The van der Waals surface area contributed by atoms with E-state index in [0.29, 0.717) is 18.9 Å². The van der Waals surface area contributed by atoms with Crippen molar-refractivity contribution in [2.24, 2.45) is 0 Å². The minimum Gasteiger partial charge on any atom is -0.733 e. The van der Waals surface area contributed by atoms with Gasteiger partial charge >= 0.3 is 0 Å². The number of para-hydroxylation sites is 2. The van der Waals surface area contributed by atoms with Crippen LogP contribution in [0.2, 0.25) is 0 Å². The number of hydrogen-bond acceptors (Lipinski definition) is 7. The highest BCUT2D eigenvalue weighted by molar-refractivity contribution is 5.69. The van der Waals surface area contributed by atoms with E-state index >= 15 is 0 Å². The monoisotopic (exact) mass is 430 g/mol. The van der Waals surface area contributed by atoms with E-state index in [1.165, 1.54) is 12.1 Å². The molecular formula is C23H29FN3O4-. The molecule has 2 aromatic rings. The lowest BCUT2D eigenvalue weighted by atomic mass is 9.99. The zero-order valence-electron chi connectivity index (χ0n) is 17.5. The molecule has 2 saturated heterocycles. The molecular weight excluding hydrogens is 401 g/mol. The highest BCUT2D eigenvalue weighted by atomic mass is 19.1. The van der Waals surface area contributed by atoms with Crippen LogP contribution in [0.1, 0.15) is 31.2 Å². The van der Waals surface area contributed by atoms with Crippen molar-refractivity contribution >= 4 is 11.4 Å². The summed E-state index contributed by atoms with van der Waals surface area (Å²) in [5.74, 6) is -1.04. The predicted molar refractivity (Wildman–Crippen MR) is 116 cm³/mol. The third-order valence-electron chi connectivity index (χ3n) is 6.08. The summed E-state index contributed by atoms with van der Waals surface area (Å²) in [7, 11) is 0. The molecule has 0 spiro atoms. The Labute approximate surface area is 181 Å². The topological polar surface area (TPSA) is 80.3 Å². The van der Waals surface area contributed by atoms with Crippen LogP contribution in [0.5, 0.6) is 0 Å². The zero-order chi connectivity index (χ0) is 21.7. The van der Waals surface area contributed by atoms with Gasteiger partial charge in [-0.15, -0.1) is 0 Å². The van der Waals surface area contributed by atoms with Crippen LogP contribution in [-0.2, 0) is 15.3 Å². The second kappa shape index (κ2) is 9.93. The van der Waals surface area contributed by atoms with Crippen molar-refractivity contribution in [2.45, 2.75) is 37.5 Å². The molecule has 0 unspecified atom stereocenters. The lowest BCUT2D eigenvalue weighted by Crippen LogP contribution is -2.40. The van der Waals surface area contributed by atoms with Gasteiger partial charge in [0, 0.05) is 31.1 Å². The molecule has 2 aromatic carbocycles. The summed E-state index contributed by atoms with van der Waals surface area (Å²) in [6.45, 7) is 3.93. The first-order chi connectivity index (χ1) is 15.1. The van der Waals surface area contributed by atoms with Crippen molar-refractivity contribution in [3.05, 3.63) is 65.1 Å². The Kier molecular flexibility index (Phi) is 7.04. The van der Waals surface area contributed by atoms with Crippen molar-refractivity contribution in [3.8, 4) is 0 Å². The standard InChI is InChI=1S/C23H29FN3O4/c24-19-8-6-18(7-9-19)23(30-16-17-31-23)12-3-13-26-14-10-20(11-15-26)25-21-4-1-2-5-22(21)27(28)29/h1-2,4-9,20,25,28H,3,10-17H2/q-1. The first-order valence-corrected chi connectivity index (χ1v) is 10.8. The zero-order valence-corrected chi connectivity index (χ0v) is 17.5. The number of anilines is 2. The molecule has 2 heterocycles. The Balaban J connectivity index is 1.25. The van der Waals surface area contributed by atoms with Crippen molar-refractivity contribution in [1.82, 2.24) is 4.90 Å². The summed E-state index contributed by atoms with van der Waals surface area (Å²) in [5.41, 5.74) is 1.74. The fourth-order valence-corrected chi connectivity index (χ4v) is 4.43. The first kappa shape index (κ1) is 22.0. The average Bonchev–Trinajstić information content (AvgIpc) is 3.26. The average molecular weight is 431 g/mol. The van der Waals surface area contributed by atoms with Crippen LogP contribution in [0.15, 0.2) is 48.5 Å². The summed E-state index contributed by atoms with van der Waals surface area (Å²) < 4.78 is 25.2. The molecule has 0 amide bonds. The molecule has 2 aliphatic heterocycles. The molecule has 0 radical (unpaired) electrons. The summed E-state index contributed by atoms with van der Waals surface area (Å²) in [6, 6.07) is 13.6. The van der Waals surface area contributed by atoms with Gasteiger partial charge in [-0.25, -0.2) is 4.39 Å². The lowest BCUT2D eigenvalue weighted by Gasteiger charge is -2.35. The van der Waals surface area contributed by atoms with Gasteiger partial charge in [-0.3, -0.25) is 5.21 Å². The van der Waals surface area contributed by atoms with E-state index in [0.717, 1.165) is 50.9 Å². The molecule has 0 aromatic heterocycles. The van der Waals surface area contributed by atoms with E-state index < -0.39 is 5.79 Å². The van der Waals surface area contributed by atoms with Gasteiger partial charge in [0.25, 0.3) is 0 Å². The highest BCUT2D eigenvalue weighted by Crippen LogP contribution is 2.36. The van der Waals surface area contributed by atoms with Crippen LogP contribution in [0, 0.1) is 11.0 Å². The highest BCUT2D eigenvalue weighted by Gasteiger charge is 2.38. The second-order valence-corrected chi connectivity index (χ2v) is 8.11. The molecule has 4 rings (SSSR count). The fraction of sp³-hybridized carbons (Fsp3) is 0.478. The van der Waals surface area contributed by atoms with Crippen LogP contribution in [0.3, 0.4) is 0 Å². The molecule has 31 heavy (non-hydrogen) atoms. The largest absolute Gasteiger partial charge is 0.733 e. The van der Waals surface area contributed by atoms with Gasteiger partial charge in [-0.2, -0.15) is 0 Å². The maximum absolute atomic E-state index is 13.3. The number of hydrogen-bond donors (Lipinski definition) is 2. The second-order valence-electron chi connectivity index (χ2n) is 8.11. The third kappa shape index (κ3) is 5.34. The Bertz CT molecular complexity index is 835. The number of halogens is 1. The maximum atomic E-state index is 13.3. The van der Waals surface area contributed by atoms with Gasteiger partial charge in [-0.1, -0.05) is 24.3 Å².